The van der Waals surface area contributed by atoms with Gasteiger partial charge in [-0.05, 0) is 60.6 Å². The molecule has 37 heavy (non-hydrogen) atoms. The number of carbonyl (C=O) groups excluding carboxylic acids is 1. The van der Waals surface area contributed by atoms with Crippen LogP contribution < -0.4 is 15.5 Å². The van der Waals surface area contributed by atoms with E-state index in [-0.39, 0.29) is 24.1 Å². The summed E-state index contributed by atoms with van der Waals surface area (Å²) >= 11 is 0. The van der Waals surface area contributed by atoms with Crippen LogP contribution in [0.1, 0.15) is 56.7 Å². The maximum Gasteiger partial charge on any atom is 0.331 e. The van der Waals surface area contributed by atoms with E-state index in [1.807, 2.05) is 13.8 Å². The lowest BCUT2D eigenvalue weighted by molar-refractivity contribution is -0.133. The predicted molar refractivity (Wildman–Crippen MR) is 145 cm³/mol. The molecule has 0 spiro atoms. The zero-order chi connectivity index (χ0) is 26.4. The summed E-state index contributed by atoms with van der Waals surface area (Å²) in [5.41, 5.74) is 5.43. The molecule has 0 bridgehead atoms. The Balaban J connectivity index is 1.44. The quantitative estimate of drug-likeness (QED) is 0.448. The number of carboxylic acids is 1. The number of rotatable bonds is 10. The molecule has 3 atom stereocenters. The third-order valence-corrected chi connectivity index (χ3v) is 7.50. The van der Waals surface area contributed by atoms with Gasteiger partial charge in [-0.15, -0.1) is 0 Å². The van der Waals surface area contributed by atoms with Crippen LogP contribution in [-0.2, 0) is 33.8 Å². The number of amides is 1. The molecule has 4 rings (SSSR count). The summed E-state index contributed by atoms with van der Waals surface area (Å²) in [7, 11) is 0. The fourth-order valence-corrected chi connectivity index (χ4v) is 5.35. The van der Waals surface area contributed by atoms with Gasteiger partial charge in [0.05, 0.1) is 18.2 Å². The zero-order valence-electron chi connectivity index (χ0n) is 22.1. The smallest absolute Gasteiger partial charge is 0.331 e. The van der Waals surface area contributed by atoms with E-state index in [0.29, 0.717) is 18.5 Å². The Labute approximate surface area is 219 Å². The van der Waals surface area contributed by atoms with E-state index in [0.717, 1.165) is 37.9 Å². The average Bonchev–Trinajstić information content (AvgIpc) is 2.91. The number of carbonyl (C=O) groups is 2. The molecule has 0 aromatic heterocycles. The van der Waals surface area contributed by atoms with Crippen molar-refractivity contribution in [1.82, 2.24) is 10.6 Å². The molecule has 2 aromatic carbocycles. The van der Waals surface area contributed by atoms with E-state index in [4.69, 9.17) is 4.74 Å². The molecule has 1 aliphatic carbocycles. The number of nitrogens with one attached hydrogen (secondary N) is 2. The second-order valence-corrected chi connectivity index (χ2v) is 10.1. The Bertz CT molecular complexity index is 1110. The second kappa shape index (κ2) is 12.4. The summed E-state index contributed by atoms with van der Waals surface area (Å²) in [6.45, 7) is 8.06. The van der Waals surface area contributed by atoms with Gasteiger partial charge in [0.25, 0.3) is 0 Å². The van der Waals surface area contributed by atoms with E-state index in [1.165, 1.54) is 23.7 Å². The van der Waals surface area contributed by atoms with Crippen LogP contribution in [-0.4, -0.2) is 47.8 Å². The van der Waals surface area contributed by atoms with Crippen LogP contribution in [0.2, 0.25) is 0 Å². The molecule has 1 aliphatic heterocycles. The van der Waals surface area contributed by atoms with Crippen LogP contribution in [0.3, 0.4) is 0 Å². The van der Waals surface area contributed by atoms with Crippen molar-refractivity contribution in [2.45, 2.75) is 83.8 Å². The molecule has 1 heterocycles. The normalized spacial score (nSPS) is 21.4. The fourth-order valence-electron chi connectivity index (χ4n) is 5.35. The maximum atomic E-state index is 12.0. The van der Waals surface area contributed by atoms with Crippen molar-refractivity contribution < 1.29 is 19.4 Å². The first-order valence-electron chi connectivity index (χ1n) is 13.4. The fraction of sp³-hybridized carbons (Fsp3) is 0.467. The summed E-state index contributed by atoms with van der Waals surface area (Å²) in [5, 5.41) is 16.3. The van der Waals surface area contributed by atoms with E-state index < -0.39 is 12.1 Å². The van der Waals surface area contributed by atoms with Crippen LogP contribution in [0.4, 0.5) is 5.69 Å². The topological polar surface area (TPSA) is 90.9 Å². The van der Waals surface area contributed by atoms with Gasteiger partial charge in [0.15, 0.2) is 0 Å². The molecular weight excluding hydrogens is 466 g/mol. The highest BCUT2D eigenvalue weighted by Gasteiger charge is 2.37. The molecule has 1 amide bonds. The minimum Gasteiger partial charge on any atom is -0.478 e. The minimum absolute atomic E-state index is 0.000556. The molecule has 0 saturated carbocycles. The highest BCUT2D eigenvalue weighted by molar-refractivity contribution is 5.87. The minimum atomic E-state index is -0.946. The monoisotopic (exact) mass is 505 g/mol. The van der Waals surface area contributed by atoms with E-state index in [1.54, 1.807) is 6.08 Å². The Morgan fingerprint density at radius 2 is 1.78 bits per heavy atom. The molecule has 0 radical (unpaired) electrons. The number of hydrogen-bond donors (Lipinski definition) is 3. The van der Waals surface area contributed by atoms with Crippen molar-refractivity contribution in [3.63, 3.8) is 0 Å². The van der Waals surface area contributed by atoms with E-state index in [9.17, 15) is 14.7 Å². The number of aliphatic carboxylic acids is 1. The maximum absolute atomic E-state index is 12.0. The van der Waals surface area contributed by atoms with Gasteiger partial charge in [-0.2, -0.15) is 0 Å². The van der Waals surface area contributed by atoms with Gasteiger partial charge in [0.1, 0.15) is 0 Å². The molecule has 2 aliphatic rings. The summed E-state index contributed by atoms with van der Waals surface area (Å²) < 4.78 is 6.27. The molecular formula is C30H39N3O4. The number of anilines is 1. The molecule has 0 unspecified atom stereocenters. The van der Waals surface area contributed by atoms with Gasteiger partial charge in [0, 0.05) is 43.9 Å². The lowest BCUT2D eigenvalue weighted by Crippen LogP contribution is -2.58. The third kappa shape index (κ3) is 6.79. The SMILES string of the molecule is CCC(CC)O[C@@H]1C=C(C(=O)O)C[C@H](NCc2ccc(N3CCc4ccccc4C3)cc2)[C@H]1NC(C)=O. The van der Waals surface area contributed by atoms with Crippen molar-refractivity contribution in [2.75, 3.05) is 11.4 Å². The van der Waals surface area contributed by atoms with Crippen molar-refractivity contribution >= 4 is 17.6 Å². The van der Waals surface area contributed by atoms with E-state index >= 15 is 0 Å². The molecule has 198 valence electrons. The van der Waals surface area contributed by atoms with Crippen molar-refractivity contribution in [2.24, 2.45) is 0 Å². The first kappa shape index (κ1) is 26.9. The number of hydrogen-bond acceptors (Lipinski definition) is 5. The van der Waals surface area contributed by atoms with Gasteiger partial charge in [0.2, 0.25) is 5.91 Å². The average molecular weight is 506 g/mol. The summed E-state index contributed by atoms with van der Waals surface area (Å²) in [6.07, 6.45) is 4.17. The van der Waals surface area contributed by atoms with Crippen molar-refractivity contribution in [3.05, 3.63) is 76.9 Å². The largest absolute Gasteiger partial charge is 0.478 e. The van der Waals surface area contributed by atoms with Crippen LogP contribution in [0.15, 0.2) is 60.2 Å². The molecule has 2 aromatic rings. The number of fused-ring (bicyclic) bond motifs is 1. The first-order chi connectivity index (χ1) is 17.9. The lowest BCUT2D eigenvalue weighted by Gasteiger charge is -2.38. The van der Waals surface area contributed by atoms with Gasteiger partial charge in [-0.25, -0.2) is 4.79 Å². The molecule has 0 fully saturated rings. The third-order valence-electron chi connectivity index (χ3n) is 7.50. The standard InChI is InChI=1S/C30H39N3O4/c1-4-26(5-2)37-28-17-24(30(35)36)16-27(29(28)32-20(3)34)31-18-21-10-12-25(13-11-21)33-15-14-22-8-6-7-9-23(22)19-33/h6-13,17,26-29,31H,4-5,14-16,18-19H2,1-3H3,(H,32,34)(H,35,36)/t27-,28+,29+/m0/s1. The summed E-state index contributed by atoms with van der Waals surface area (Å²) in [6, 6.07) is 16.5. The van der Waals surface area contributed by atoms with Gasteiger partial charge in [-0.1, -0.05) is 50.2 Å². The van der Waals surface area contributed by atoms with Crippen LogP contribution in [0, 0.1) is 0 Å². The summed E-state index contributed by atoms with van der Waals surface area (Å²) in [5.74, 6) is -1.10. The molecule has 7 heteroatoms. The van der Waals surface area contributed by atoms with Crippen LogP contribution >= 0.6 is 0 Å². The number of nitrogens with zero attached hydrogens (tertiary/aromatic N) is 1. The Morgan fingerprint density at radius 1 is 1.08 bits per heavy atom. The zero-order valence-corrected chi connectivity index (χ0v) is 22.1. The van der Waals surface area contributed by atoms with Crippen molar-refractivity contribution in [1.29, 1.82) is 0 Å². The molecule has 3 N–H and O–H groups in total. The molecule has 7 nitrogen and oxygen atoms in total. The Kier molecular flexibility index (Phi) is 9.00. The summed E-state index contributed by atoms with van der Waals surface area (Å²) in [4.78, 5) is 26.3. The number of benzene rings is 2. The van der Waals surface area contributed by atoms with Crippen LogP contribution in [0.25, 0.3) is 0 Å². The highest BCUT2D eigenvalue weighted by Crippen LogP contribution is 2.27. The Hall–Kier alpha value is -3.16. The Morgan fingerprint density at radius 3 is 2.43 bits per heavy atom. The number of carboxylic acid groups (broad SMARTS) is 1. The lowest BCUT2D eigenvalue weighted by atomic mass is 9.87. The van der Waals surface area contributed by atoms with Crippen molar-refractivity contribution in [3.8, 4) is 0 Å². The second-order valence-electron chi connectivity index (χ2n) is 10.1. The van der Waals surface area contributed by atoms with Gasteiger partial charge >= 0.3 is 5.97 Å². The predicted octanol–water partition coefficient (Wildman–Crippen LogP) is 4.20. The van der Waals surface area contributed by atoms with E-state index in [2.05, 4.69) is 64.1 Å². The van der Waals surface area contributed by atoms with Crippen LogP contribution in [0.5, 0.6) is 0 Å². The highest BCUT2D eigenvalue weighted by atomic mass is 16.5. The first-order valence-corrected chi connectivity index (χ1v) is 13.4. The van der Waals surface area contributed by atoms with Gasteiger partial charge < -0.3 is 25.4 Å². The number of ether oxygens (including phenoxy) is 1. The molecule has 0 saturated heterocycles. The van der Waals surface area contributed by atoms with Gasteiger partial charge in [-0.3, -0.25) is 4.79 Å².